The monoisotopic (exact) mass is 225 g/mol. The fourth-order valence-corrected chi connectivity index (χ4v) is 2.37. The van der Waals surface area contributed by atoms with Crippen molar-refractivity contribution in [2.75, 3.05) is 13.7 Å². The molecule has 0 aromatic carbocycles. The zero-order valence-electron chi connectivity index (χ0n) is 8.93. The lowest BCUT2D eigenvalue weighted by molar-refractivity contribution is 0.140. The first-order valence-corrected chi connectivity index (χ1v) is 5.67. The molecule has 0 radical (unpaired) electrons. The maximum absolute atomic E-state index is 6.08. The Labute approximate surface area is 92.7 Å². The van der Waals surface area contributed by atoms with Crippen LogP contribution in [-0.4, -0.2) is 28.6 Å². The van der Waals surface area contributed by atoms with E-state index < -0.39 is 0 Å². The lowest BCUT2D eigenvalue weighted by Gasteiger charge is -2.22. The number of hydrogen-bond acceptors (Lipinski definition) is 4. The molecule has 2 aromatic rings. The Balaban J connectivity index is 2.15. The molecular formula is C10H15N3OS. The fourth-order valence-electron chi connectivity index (χ4n) is 1.66. The van der Waals surface area contributed by atoms with Crippen molar-refractivity contribution >= 4 is 16.3 Å². The van der Waals surface area contributed by atoms with E-state index in [2.05, 4.69) is 4.98 Å². The highest BCUT2D eigenvalue weighted by Crippen LogP contribution is 2.15. The molecule has 4 nitrogen and oxygen atoms in total. The summed E-state index contributed by atoms with van der Waals surface area (Å²) in [6.45, 7) is 2.52. The molecule has 5 heteroatoms. The van der Waals surface area contributed by atoms with E-state index in [0.29, 0.717) is 6.61 Å². The molecule has 0 aliphatic heterocycles. The quantitative estimate of drug-likeness (QED) is 0.853. The SMILES string of the molecule is COCC(C)(N)Cc1cn2ccsc2n1. The third kappa shape index (κ3) is 2.37. The van der Waals surface area contributed by atoms with E-state index in [4.69, 9.17) is 10.5 Å². The van der Waals surface area contributed by atoms with Crippen LogP contribution in [0.15, 0.2) is 17.8 Å². The van der Waals surface area contributed by atoms with E-state index in [1.54, 1.807) is 18.4 Å². The minimum Gasteiger partial charge on any atom is -0.383 e. The van der Waals surface area contributed by atoms with Gasteiger partial charge in [-0.15, -0.1) is 11.3 Å². The third-order valence-corrected chi connectivity index (χ3v) is 2.97. The number of nitrogens with two attached hydrogens (primary N) is 1. The molecule has 82 valence electrons. The molecule has 0 fully saturated rings. The number of thiazole rings is 1. The molecule has 2 heterocycles. The van der Waals surface area contributed by atoms with Gasteiger partial charge in [0.25, 0.3) is 0 Å². The number of fused-ring (bicyclic) bond motifs is 1. The first-order chi connectivity index (χ1) is 7.11. The predicted octanol–water partition coefficient (Wildman–Crippen LogP) is 1.30. The van der Waals surface area contributed by atoms with Gasteiger partial charge in [-0.05, 0) is 6.92 Å². The number of imidazole rings is 1. The third-order valence-electron chi connectivity index (χ3n) is 2.20. The second kappa shape index (κ2) is 3.92. The number of nitrogens with zero attached hydrogens (tertiary/aromatic N) is 2. The van der Waals surface area contributed by atoms with Crippen LogP contribution in [0.4, 0.5) is 0 Å². The van der Waals surface area contributed by atoms with Gasteiger partial charge in [0.15, 0.2) is 4.96 Å². The second-order valence-electron chi connectivity index (χ2n) is 4.09. The summed E-state index contributed by atoms with van der Waals surface area (Å²) in [6, 6.07) is 0. The van der Waals surface area contributed by atoms with Crippen molar-refractivity contribution in [3.63, 3.8) is 0 Å². The molecule has 0 saturated heterocycles. The lowest BCUT2D eigenvalue weighted by atomic mass is 9.99. The summed E-state index contributed by atoms with van der Waals surface area (Å²) in [4.78, 5) is 5.50. The van der Waals surface area contributed by atoms with Crippen LogP contribution in [0.1, 0.15) is 12.6 Å². The summed E-state index contributed by atoms with van der Waals surface area (Å²) in [7, 11) is 1.66. The average molecular weight is 225 g/mol. The molecule has 0 spiro atoms. The van der Waals surface area contributed by atoms with Gasteiger partial charge in [0.05, 0.1) is 12.3 Å². The standard InChI is InChI=1S/C10H15N3OS/c1-10(11,7-14-2)5-8-6-13-3-4-15-9(13)12-8/h3-4,6H,5,7,11H2,1-2H3. The number of methoxy groups -OCH3 is 1. The minimum absolute atomic E-state index is 0.348. The van der Waals surface area contributed by atoms with Crippen LogP contribution >= 0.6 is 11.3 Å². The van der Waals surface area contributed by atoms with Gasteiger partial charge in [-0.3, -0.25) is 4.40 Å². The zero-order chi connectivity index (χ0) is 10.9. The Morgan fingerprint density at radius 2 is 2.47 bits per heavy atom. The van der Waals surface area contributed by atoms with Crippen molar-refractivity contribution in [3.05, 3.63) is 23.5 Å². The maximum Gasteiger partial charge on any atom is 0.193 e. The van der Waals surface area contributed by atoms with Crippen LogP contribution < -0.4 is 5.73 Å². The maximum atomic E-state index is 6.08. The largest absolute Gasteiger partial charge is 0.383 e. The Morgan fingerprint density at radius 1 is 1.67 bits per heavy atom. The smallest absolute Gasteiger partial charge is 0.193 e. The van der Waals surface area contributed by atoms with Crippen LogP contribution in [0.2, 0.25) is 0 Å². The minimum atomic E-state index is -0.348. The fraction of sp³-hybridized carbons (Fsp3) is 0.500. The highest BCUT2D eigenvalue weighted by Gasteiger charge is 2.20. The average Bonchev–Trinajstić information content (AvgIpc) is 2.61. The Bertz CT molecular complexity index is 418. The Morgan fingerprint density at radius 3 is 3.13 bits per heavy atom. The Kier molecular flexibility index (Phi) is 2.77. The molecule has 2 N–H and O–H groups in total. The van der Waals surface area contributed by atoms with Gasteiger partial charge in [0.1, 0.15) is 0 Å². The van der Waals surface area contributed by atoms with Crippen LogP contribution in [0.25, 0.3) is 4.96 Å². The van der Waals surface area contributed by atoms with Gasteiger partial charge >= 0.3 is 0 Å². The van der Waals surface area contributed by atoms with Crippen molar-refractivity contribution in [1.82, 2.24) is 9.38 Å². The van der Waals surface area contributed by atoms with E-state index in [-0.39, 0.29) is 5.54 Å². The van der Waals surface area contributed by atoms with Crippen LogP contribution in [0, 0.1) is 0 Å². The van der Waals surface area contributed by atoms with Gasteiger partial charge < -0.3 is 10.5 Å². The zero-order valence-corrected chi connectivity index (χ0v) is 9.75. The van der Waals surface area contributed by atoms with Gasteiger partial charge in [0.2, 0.25) is 0 Å². The van der Waals surface area contributed by atoms with Crippen LogP contribution in [0.3, 0.4) is 0 Å². The van der Waals surface area contributed by atoms with Crippen molar-refractivity contribution < 1.29 is 4.74 Å². The summed E-state index contributed by atoms with van der Waals surface area (Å²) in [6.07, 6.45) is 4.75. The predicted molar refractivity (Wildman–Crippen MR) is 61.2 cm³/mol. The molecule has 2 rings (SSSR count). The van der Waals surface area contributed by atoms with Crippen molar-refractivity contribution in [3.8, 4) is 0 Å². The van der Waals surface area contributed by atoms with Gasteiger partial charge in [-0.25, -0.2) is 4.98 Å². The molecule has 0 aliphatic rings. The van der Waals surface area contributed by atoms with E-state index in [9.17, 15) is 0 Å². The molecule has 0 amide bonds. The Hall–Kier alpha value is -0.910. The molecule has 1 unspecified atom stereocenters. The van der Waals surface area contributed by atoms with E-state index >= 15 is 0 Å². The highest BCUT2D eigenvalue weighted by molar-refractivity contribution is 7.15. The van der Waals surface area contributed by atoms with E-state index in [0.717, 1.165) is 17.1 Å². The molecular weight excluding hydrogens is 210 g/mol. The van der Waals surface area contributed by atoms with Gasteiger partial charge in [-0.1, -0.05) is 0 Å². The number of rotatable bonds is 4. The van der Waals surface area contributed by atoms with Crippen molar-refractivity contribution in [2.24, 2.45) is 5.73 Å². The topological polar surface area (TPSA) is 52.5 Å². The van der Waals surface area contributed by atoms with Crippen molar-refractivity contribution in [2.45, 2.75) is 18.9 Å². The first kappa shape index (κ1) is 10.6. The normalized spacial score (nSPS) is 15.7. The second-order valence-corrected chi connectivity index (χ2v) is 4.96. The first-order valence-electron chi connectivity index (χ1n) is 4.80. The molecule has 15 heavy (non-hydrogen) atoms. The summed E-state index contributed by atoms with van der Waals surface area (Å²) < 4.78 is 7.09. The summed E-state index contributed by atoms with van der Waals surface area (Å²) in [5.41, 5.74) is 6.75. The molecule has 0 aliphatic carbocycles. The summed E-state index contributed by atoms with van der Waals surface area (Å²) >= 11 is 1.63. The lowest BCUT2D eigenvalue weighted by Crippen LogP contribution is -2.43. The number of hydrogen-bond donors (Lipinski definition) is 1. The molecule has 1 atom stereocenters. The molecule has 0 saturated carbocycles. The number of ether oxygens (including phenoxy) is 1. The molecule has 2 aromatic heterocycles. The summed E-state index contributed by atoms with van der Waals surface area (Å²) in [5, 5.41) is 2.02. The number of aromatic nitrogens is 2. The van der Waals surface area contributed by atoms with Crippen molar-refractivity contribution in [1.29, 1.82) is 0 Å². The van der Waals surface area contributed by atoms with Crippen LogP contribution in [0.5, 0.6) is 0 Å². The van der Waals surface area contributed by atoms with Gasteiger partial charge in [-0.2, -0.15) is 0 Å². The van der Waals surface area contributed by atoms with E-state index in [1.807, 2.05) is 29.1 Å². The highest BCUT2D eigenvalue weighted by atomic mass is 32.1. The van der Waals surface area contributed by atoms with Crippen LogP contribution in [-0.2, 0) is 11.2 Å². The molecule has 0 bridgehead atoms. The van der Waals surface area contributed by atoms with Gasteiger partial charge in [0, 0.05) is 36.8 Å². The summed E-state index contributed by atoms with van der Waals surface area (Å²) in [5.74, 6) is 0. The van der Waals surface area contributed by atoms with E-state index in [1.165, 1.54) is 0 Å².